The van der Waals surface area contributed by atoms with Crippen molar-refractivity contribution in [3.8, 4) is 5.75 Å². The summed E-state index contributed by atoms with van der Waals surface area (Å²) >= 11 is 17.9. The summed E-state index contributed by atoms with van der Waals surface area (Å²) < 4.78 is 10.6. The van der Waals surface area contributed by atoms with Crippen LogP contribution in [0.3, 0.4) is 0 Å². The predicted molar refractivity (Wildman–Crippen MR) is 138 cm³/mol. The Morgan fingerprint density at radius 2 is 1.12 bits per heavy atom. The molecule has 0 aliphatic heterocycles. The van der Waals surface area contributed by atoms with Crippen LogP contribution in [0.25, 0.3) is 0 Å². The second kappa shape index (κ2) is 19.3. The summed E-state index contributed by atoms with van der Waals surface area (Å²) in [4.78, 5) is 23.8. The highest BCUT2D eigenvalue weighted by atomic mass is 35.5. The van der Waals surface area contributed by atoms with Crippen molar-refractivity contribution in [3.05, 3.63) is 27.2 Å². The van der Waals surface area contributed by atoms with Crippen LogP contribution in [0.5, 0.6) is 5.75 Å². The molecule has 33 heavy (non-hydrogen) atoms. The van der Waals surface area contributed by atoms with Gasteiger partial charge in [-0.15, -0.1) is 0 Å². The minimum Gasteiger partial charge on any atom is -0.466 e. The lowest BCUT2D eigenvalue weighted by Crippen LogP contribution is -2.08. The summed E-state index contributed by atoms with van der Waals surface area (Å²) in [5.41, 5.74) is 0. The maximum absolute atomic E-state index is 12.0. The van der Waals surface area contributed by atoms with Crippen LogP contribution in [0.4, 0.5) is 0 Å². The van der Waals surface area contributed by atoms with Crippen LogP contribution in [0.2, 0.25) is 15.1 Å². The third-order valence-electron chi connectivity index (χ3n) is 5.45. The SMILES string of the molecule is CCCCCCCCCCOC(=O)CCCCCCCCC(=O)Oc1c(Cl)cc(Cl)cc1Cl. The van der Waals surface area contributed by atoms with Crippen LogP contribution >= 0.6 is 34.8 Å². The fourth-order valence-electron chi connectivity index (χ4n) is 3.53. The van der Waals surface area contributed by atoms with E-state index in [-0.39, 0.29) is 27.7 Å². The lowest BCUT2D eigenvalue weighted by molar-refractivity contribution is -0.144. The average molecular weight is 522 g/mol. The van der Waals surface area contributed by atoms with Crippen molar-refractivity contribution in [2.75, 3.05) is 6.61 Å². The Kier molecular flexibility index (Phi) is 17.6. The van der Waals surface area contributed by atoms with E-state index in [1.54, 1.807) is 0 Å². The van der Waals surface area contributed by atoms with Crippen molar-refractivity contribution >= 4 is 46.7 Å². The molecular formula is C26H39Cl3O4. The van der Waals surface area contributed by atoms with Gasteiger partial charge in [0.15, 0.2) is 5.75 Å². The summed E-state index contributed by atoms with van der Waals surface area (Å²) in [5, 5.41) is 0.830. The minimum atomic E-state index is -0.361. The standard InChI is InChI=1S/C26H39Cl3O4/c1-2-3-4-5-6-9-12-15-18-32-24(30)16-13-10-7-8-11-14-17-25(31)33-26-22(28)19-21(27)20-23(26)29/h19-20H,2-18H2,1H3. The molecule has 0 amide bonds. The van der Waals surface area contributed by atoms with E-state index in [0.717, 1.165) is 51.4 Å². The largest absolute Gasteiger partial charge is 0.466 e. The summed E-state index contributed by atoms with van der Waals surface area (Å²) in [6, 6.07) is 2.98. The molecule has 0 heterocycles. The van der Waals surface area contributed by atoms with Gasteiger partial charge in [0.25, 0.3) is 0 Å². The first-order valence-electron chi connectivity index (χ1n) is 12.4. The Morgan fingerprint density at radius 1 is 0.667 bits per heavy atom. The zero-order valence-electron chi connectivity index (χ0n) is 19.9. The highest BCUT2D eigenvalue weighted by Gasteiger charge is 2.13. The Labute approximate surface area is 214 Å². The molecule has 1 aromatic rings. The number of hydrogen-bond acceptors (Lipinski definition) is 4. The molecule has 0 aliphatic carbocycles. The predicted octanol–water partition coefficient (Wildman–Crippen LogP) is 9.36. The number of halogens is 3. The molecule has 188 valence electrons. The number of benzene rings is 1. The van der Waals surface area contributed by atoms with E-state index in [0.29, 0.717) is 24.5 Å². The molecule has 0 spiro atoms. The normalized spacial score (nSPS) is 10.9. The number of rotatable bonds is 19. The molecule has 0 aromatic heterocycles. The van der Waals surface area contributed by atoms with Crippen LogP contribution in [0, 0.1) is 0 Å². The third kappa shape index (κ3) is 15.5. The van der Waals surface area contributed by atoms with Gasteiger partial charge < -0.3 is 9.47 Å². The van der Waals surface area contributed by atoms with Crippen molar-refractivity contribution in [2.45, 2.75) is 110 Å². The number of unbranched alkanes of at least 4 members (excludes halogenated alkanes) is 12. The van der Waals surface area contributed by atoms with E-state index in [9.17, 15) is 9.59 Å². The second-order valence-electron chi connectivity index (χ2n) is 8.49. The minimum absolute atomic E-state index is 0.0831. The maximum atomic E-state index is 12.0. The van der Waals surface area contributed by atoms with Crippen molar-refractivity contribution in [1.29, 1.82) is 0 Å². The van der Waals surface area contributed by atoms with Crippen LogP contribution in [0.1, 0.15) is 110 Å². The lowest BCUT2D eigenvalue weighted by atomic mass is 10.1. The van der Waals surface area contributed by atoms with E-state index < -0.39 is 0 Å². The number of ether oxygens (including phenoxy) is 2. The van der Waals surface area contributed by atoms with Gasteiger partial charge in [-0.2, -0.15) is 0 Å². The topological polar surface area (TPSA) is 52.6 Å². The van der Waals surface area contributed by atoms with Gasteiger partial charge in [0.2, 0.25) is 0 Å². The number of carbonyl (C=O) groups excluding carboxylic acids is 2. The van der Waals surface area contributed by atoms with Gasteiger partial charge >= 0.3 is 11.9 Å². The van der Waals surface area contributed by atoms with Crippen molar-refractivity contribution in [2.24, 2.45) is 0 Å². The molecule has 1 rings (SSSR count). The van der Waals surface area contributed by atoms with Crippen molar-refractivity contribution in [1.82, 2.24) is 0 Å². The van der Waals surface area contributed by atoms with E-state index in [1.165, 1.54) is 50.7 Å². The lowest BCUT2D eigenvalue weighted by Gasteiger charge is -2.08. The maximum Gasteiger partial charge on any atom is 0.311 e. The molecule has 0 saturated heterocycles. The molecule has 4 nitrogen and oxygen atoms in total. The molecule has 0 aliphatic rings. The van der Waals surface area contributed by atoms with Gasteiger partial charge in [0.05, 0.1) is 16.7 Å². The Hall–Kier alpha value is -0.970. The van der Waals surface area contributed by atoms with Gasteiger partial charge in [0.1, 0.15) is 0 Å². The summed E-state index contributed by atoms with van der Waals surface area (Å²) in [5.74, 6) is -0.289. The molecule has 0 fully saturated rings. The zero-order chi connectivity index (χ0) is 24.3. The smallest absolute Gasteiger partial charge is 0.311 e. The highest BCUT2D eigenvalue weighted by Crippen LogP contribution is 2.36. The number of esters is 2. The fraction of sp³-hybridized carbons (Fsp3) is 0.692. The van der Waals surface area contributed by atoms with Gasteiger partial charge in [0, 0.05) is 17.9 Å². The van der Waals surface area contributed by atoms with E-state index >= 15 is 0 Å². The molecular weight excluding hydrogens is 483 g/mol. The van der Waals surface area contributed by atoms with E-state index in [1.807, 2.05) is 0 Å². The fourth-order valence-corrected chi connectivity index (χ4v) is 4.43. The van der Waals surface area contributed by atoms with Gasteiger partial charge in [-0.1, -0.05) is 112 Å². The molecule has 0 N–H and O–H groups in total. The van der Waals surface area contributed by atoms with E-state index in [4.69, 9.17) is 44.3 Å². The van der Waals surface area contributed by atoms with Crippen LogP contribution in [-0.4, -0.2) is 18.5 Å². The number of carbonyl (C=O) groups is 2. The molecule has 0 radical (unpaired) electrons. The van der Waals surface area contributed by atoms with Gasteiger partial charge in [-0.3, -0.25) is 9.59 Å². The molecule has 0 saturated carbocycles. The Balaban J connectivity index is 1.93. The Bertz CT molecular complexity index is 671. The van der Waals surface area contributed by atoms with Crippen molar-refractivity contribution < 1.29 is 19.1 Å². The first-order valence-corrected chi connectivity index (χ1v) is 13.6. The molecule has 1 aromatic carbocycles. The second-order valence-corrected chi connectivity index (χ2v) is 9.74. The summed E-state index contributed by atoms with van der Waals surface area (Å²) in [6.07, 6.45) is 16.3. The van der Waals surface area contributed by atoms with Gasteiger partial charge in [-0.05, 0) is 31.4 Å². The molecule has 0 atom stereocenters. The molecule has 0 unspecified atom stereocenters. The van der Waals surface area contributed by atoms with Crippen molar-refractivity contribution in [3.63, 3.8) is 0 Å². The summed E-state index contributed by atoms with van der Waals surface area (Å²) in [6.45, 7) is 2.78. The van der Waals surface area contributed by atoms with E-state index in [2.05, 4.69) is 6.92 Å². The van der Waals surface area contributed by atoms with Crippen LogP contribution < -0.4 is 4.74 Å². The first kappa shape index (κ1) is 30.1. The first-order chi connectivity index (χ1) is 15.9. The third-order valence-corrected chi connectivity index (χ3v) is 6.23. The molecule has 7 heteroatoms. The quantitative estimate of drug-likeness (QED) is 0.103. The van der Waals surface area contributed by atoms with Gasteiger partial charge in [-0.25, -0.2) is 0 Å². The Morgan fingerprint density at radius 3 is 1.67 bits per heavy atom. The zero-order valence-corrected chi connectivity index (χ0v) is 22.2. The molecule has 0 bridgehead atoms. The van der Waals surface area contributed by atoms with Crippen LogP contribution in [-0.2, 0) is 14.3 Å². The summed E-state index contributed by atoms with van der Waals surface area (Å²) in [7, 11) is 0. The highest BCUT2D eigenvalue weighted by molar-refractivity contribution is 6.40. The van der Waals surface area contributed by atoms with Crippen LogP contribution in [0.15, 0.2) is 12.1 Å². The average Bonchev–Trinajstić information content (AvgIpc) is 2.77. The number of hydrogen-bond donors (Lipinski definition) is 0. The monoisotopic (exact) mass is 520 g/mol.